The Morgan fingerprint density at radius 3 is 2.52 bits per heavy atom. The van der Waals surface area contributed by atoms with Crippen LogP contribution in [0.3, 0.4) is 0 Å². The summed E-state index contributed by atoms with van der Waals surface area (Å²) in [6.07, 6.45) is 3.59. The second-order valence-electron chi connectivity index (χ2n) is 5.07. The molecule has 0 aliphatic rings. The molecule has 0 fully saturated rings. The van der Waals surface area contributed by atoms with Crippen molar-refractivity contribution in [3.63, 3.8) is 0 Å². The number of nitrogens with zero attached hydrogens (tertiary/aromatic N) is 1. The second-order valence-corrected chi connectivity index (χ2v) is 5.48. The Hall–Kier alpha value is -1.98. The number of nitrogens with one attached hydrogen (secondary N) is 1. The smallest absolute Gasteiger partial charge is 0.0992 e. The first kappa shape index (κ1) is 15.4. The fourth-order valence-electron chi connectivity index (χ4n) is 2.13. The quantitative estimate of drug-likeness (QED) is 0.799. The largest absolute Gasteiger partial charge is 0.381 e. The van der Waals surface area contributed by atoms with Gasteiger partial charge in [-0.05, 0) is 48.2 Å². The van der Waals surface area contributed by atoms with Gasteiger partial charge in [0.25, 0.3) is 0 Å². The van der Waals surface area contributed by atoms with E-state index in [9.17, 15) is 0 Å². The van der Waals surface area contributed by atoms with E-state index in [1.807, 2.05) is 6.07 Å². The molecule has 3 heteroatoms. The van der Waals surface area contributed by atoms with Gasteiger partial charge < -0.3 is 5.32 Å². The molecular formula is C18H19ClN2. The Morgan fingerprint density at radius 2 is 1.90 bits per heavy atom. The number of hydrogen-bond donors (Lipinski definition) is 1. The number of rotatable bonds is 6. The van der Waals surface area contributed by atoms with Crippen molar-refractivity contribution >= 4 is 17.3 Å². The van der Waals surface area contributed by atoms with Gasteiger partial charge in [0.15, 0.2) is 0 Å². The number of hydrogen-bond acceptors (Lipinski definition) is 2. The fraction of sp³-hybridized carbons (Fsp3) is 0.278. The minimum absolute atomic E-state index is 0.587. The molecule has 0 bridgehead atoms. The molecule has 2 nitrogen and oxygen atoms in total. The molecule has 108 valence electrons. The average molecular weight is 299 g/mol. The number of halogens is 1. The summed E-state index contributed by atoms with van der Waals surface area (Å²) in [5, 5.41) is 12.8. The van der Waals surface area contributed by atoms with Crippen molar-refractivity contribution in [3.05, 3.63) is 64.2 Å². The van der Waals surface area contributed by atoms with E-state index in [1.54, 1.807) is 12.1 Å². The number of unbranched alkanes of at least 4 members (excludes halogenated alkanes) is 1. The molecule has 2 aromatic rings. The zero-order valence-corrected chi connectivity index (χ0v) is 13.0. The minimum atomic E-state index is 0.587. The highest BCUT2D eigenvalue weighted by molar-refractivity contribution is 6.31. The van der Waals surface area contributed by atoms with Gasteiger partial charge in [0.2, 0.25) is 0 Å². The van der Waals surface area contributed by atoms with Gasteiger partial charge >= 0.3 is 0 Å². The molecule has 0 aromatic heterocycles. The van der Waals surface area contributed by atoms with Crippen molar-refractivity contribution in [3.8, 4) is 6.07 Å². The molecule has 21 heavy (non-hydrogen) atoms. The highest BCUT2D eigenvalue weighted by atomic mass is 35.5. The van der Waals surface area contributed by atoms with E-state index in [4.69, 9.17) is 16.9 Å². The van der Waals surface area contributed by atoms with Crippen LogP contribution in [0.15, 0.2) is 42.5 Å². The topological polar surface area (TPSA) is 35.8 Å². The van der Waals surface area contributed by atoms with E-state index in [0.29, 0.717) is 17.1 Å². The van der Waals surface area contributed by atoms with Crippen LogP contribution in [-0.2, 0) is 13.0 Å². The first-order valence-corrected chi connectivity index (χ1v) is 7.62. The number of aryl methyl sites for hydroxylation is 1. The Labute approximate surface area is 131 Å². The summed E-state index contributed by atoms with van der Waals surface area (Å²) in [6, 6.07) is 16.0. The Morgan fingerprint density at radius 1 is 1.14 bits per heavy atom. The Bertz CT molecular complexity index is 627. The molecule has 0 radical (unpaired) electrons. The maximum absolute atomic E-state index is 8.82. The lowest BCUT2D eigenvalue weighted by Crippen LogP contribution is -2.00. The predicted molar refractivity (Wildman–Crippen MR) is 88.5 cm³/mol. The van der Waals surface area contributed by atoms with E-state index in [-0.39, 0.29) is 0 Å². The molecule has 0 atom stereocenters. The maximum atomic E-state index is 8.82. The average Bonchev–Trinajstić information content (AvgIpc) is 2.52. The number of nitriles is 1. The van der Waals surface area contributed by atoms with Crippen LogP contribution in [0.2, 0.25) is 5.02 Å². The van der Waals surface area contributed by atoms with E-state index >= 15 is 0 Å². The molecule has 2 aromatic carbocycles. The third-order valence-corrected chi connectivity index (χ3v) is 3.79. The standard InChI is InChI=1S/C18H19ClN2/c1-2-3-4-14-6-9-17(10-7-14)21-13-16-8-5-15(12-20)11-18(16)19/h5-11,21H,2-4,13H2,1H3. The zero-order valence-electron chi connectivity index (χ0n) is 12.2. The van der Waals surface area contributed by atoms with Gasteiger partial charge in [-0.2, -0.15) is 5.26 Å². The molecule has 0 saturated carbocycles. The first-order valence-electron chi connectivity index (χ1n) is 7.24. The van der Waals surface area contributed by atoms with Crippen LogP contribution in [0.4, 0.5) is 5.69 Å². The number of benzene rings is 2. The normalized spacial score (nSPS) is 10.1. The number of anilines is 1. The van der Waals surface area contributed by atoms with Crippen LogP contribution in [-0.4, -0.2) is 0 Å². The van der Waals surface area contributed by atoms with Gasteiger partial charge in [-0.25, -0.2) is 0 Å². The lowest BCUT2D eigenvalue weighted by atomic mass is 10.1. The Balaban J connectivity index is 1.95. The molecule has 0 saturated heterocycles. The van der Waals surface area contributed by atoms with Crippen LogP contribution < -0.4 is 5.32 Å². The summed E-state index contributed by atoms with van der Waals surface area (Å²) >= 11 is 6.17. The highest BCUT2D eigenvalue weighted by Gasteiger charge is 2.02. The summed E-state index contributed by atoms with van der Waals surface area (Å²) in [5.41, 5.74) is 4.03. The molecule has 0 aliphatic heterocycles. The lowest BCUT2D eigenvalue weighted by molar-refractivity contribution is 0.795. The van der Waals surface area contributed by atoms with Gasteiger partial charge in [-0.1, -0.05) is 43.1 Å². The van der Waals surface area contributed by atoms with Crippen LogP contribution >= 0.6 is 11.6 Å². The molecule has 0 spiro atoms. The zero-order chi connectivity index (χ0) is 15.1. The monoisotopic (exact) mass is 298 g/mol. The third-order valence-electron chi connectivity index (χ3n) is 3.44. The van der Waals surface area contributed by atoms with E-state index in [2.05, 4.69) is 42.6 Å². The van der Waals surface area contributed by atoms with Crippen LogP contribution in [0.5, 0.6) is 0 Å². The fourth-order valence-corrected chi connectivity index (χ4v) is 2.38. The minimum Gasteiger partial charge on any atom is -0.381 e. The molecule has 1 N–H and O–H groups in total. The third kappa shape index (κ3) is 4.51. The van der Waals surface area contributed by atoms with Gasteiger partial charge in [0.05, 0.1) is 11.6 Å². The molecule has 0 amide bonds. The van der Waals surface area contributed by atoms with Crippen LogP contribution in [0.1, 0.15) is 36.5 Å². The van der Waals surface area contributed by atoms with Crippen molar-refractivity contribution in [2.45, 2.75) is 32.7 Å². The first-order chi connectivity index (χ1) is 10.2. The lowest BCUT2D eigenvalue weighted by Gasteiger charge is -2.09. The molecule has 0 unspecified atom stereocenters. The maximum Gasteiger partial charge on any atom is 0.0992 e. The molecule has 0 aliphatic carbocycles. The molecule has 0 heterocycles. The molecular weight excluding hydrogens is 280 g/mol. The second kappa shape index (κ2) is 7.71. The van der Waals surface area contributed by atoms with Gasteiger partial charge in [0.1, 0.15) is 0 Å². The summed E-state index contributed by atoms with van der Waals surface area (Å²) in [7, 11) is 0. The Kier molecular flexibility index (Phi) is 5.66. The van der Waals surface area contributed by atoms with Crippen molar-refractivity contribution in [1.82, 2.24) is 0 Å². The molecule has 2 rings (SSSR count). The predicted octanol–water partition coefficient (Wildman–Crippen LogP) is 5.17. The van der Waals surface area contributed by atoms with Crippen molar-refractivity contribution in [2.75, 3.05) is 5.32 Å². The van der Waals surface area contributed by atoms with Crippen molar-refractivity contribution in [2.24, 2.45) is 0 Å². The summed E-state index contributed by atoms with van der Waals surface area (Å²) in [4.78, 5) is 0. The van der Waals surface area contributed by atoms with Gasteiger partial charge in [-0.15, -0.1) is 0 Å². The van der Waals surface area contributed by atoms with Gasteiger partial charge in [-0.3, -0.25) is 0 Å². The van der Waals surface area contributed by atoms with Crippen molar-refractivity contribution in [1.29, 1.82) is 5.26 Å². The van der Waals surface area contributed by atoms with E-state index in [1.165, 1.54) is 18.4 Å². The van der Waals surface area contributed by atoms with Crippen molar-refractivity contribution < 1.29 is 0 Å². The summed E-state index contributed by atoms with van der Waals surface area (Å²) < 4.78 is 0. The van der Waals surface area contributed by atoms with E-state index < -0.39 is 0 Å². The van der Waals surface area contributed by atoms with Crippen LogP contribution in [0, 0.1) is 11.3 Å². The van der Waals surface area contributed by atoms with E-state index in [0.717, 1.165) is 17.7 Å². The van der Waals surface area contributed by atoms with Crippen LogP contribution in [0.25, 0.3) is 0 Å². The highest BCUT2D eigenvalue weighted by Crippen LogP contribution is 2.19. The summed E-state index contributed by atoms with van der Waals surface area (Å²) in [6.45, 7) is 2.86. The van der Waals surface area contributed by atoms with Gasteiger partial charge in [0, 0.05) is 17.3 Å². The SMILES string of the molecule is CCCCc1ccc(NCc2ccc(C#N)cc2Cl)cc1. The summed E-state index contributed by atoms with van der Waals surface area (Å²) in [5.74, 6) is 0.